The van der Waals surface area contributed by atoms with Gasteiger partial charge < -0.3 is 15.3 Å². The summed E-state index contributed by atoms with van der Waals surface area (Å²) >= 11 is 1.32. The number of benzene rings is 1. The lowest BCUT2D eigenvalue weighted by Crippen LogP contribution is -2.43. The van der Waals surface area contributed by atoms with Crippen molar-refractivity contribution in [2.45, 2.75) is 38.4 Å². The Hall–Kier alpha value is -2.02. The third-order valence-corrected chi connectivity index (χ3v) is 5.29. The van der Waals surface area contributed by atoms with Crippen LogP contribution in [0.3, 0.4) is 0 Å². The van der Waals surface area contributed by atoms with Crippen LogP contribution in [-0.4, -0.2) is 46.6 Å². The second kappa shape index (κ2) is 10.2. The van der Waals surface area contributed by atoms with E-state index < -0.39 is 5.97 Å². The summed E-state index contributed by atoms with van der Waals surface area (Å²) in [7, 11) is 0. The minimum atomic E-state index is -0.834. The average molecular weight is 378 g/mol. The van der Waals surface area contributed by atoms with E-state index in [-0.39, 0.29) is 23.5 Å². The van der Waals surface area contributed by atoms with Gasteiger partial charge in [-0.05, 0) is 37.0 Å². The maximum Gasteiger partial charge on any atom is 0.313 e. The van der Waals surface area contributed by atoms with Crippen molar-refractivity contribution >= 4 is 35.2 Å². The number of piperidine rings is 1. The highest BCUT2D eigenvalue weighted by Crippen LogP contribution is 2.21. The normalized spacial score (nSPS) is 17.0. The van der Waals surface area contributed by atoms with Gasteiger partial charge in [0.2, 0.25) is 11.8 Å². The van der Waals surface area contributed by atoms with Gasteiger partial charge in [0.05, 0.1) is 11.7 Å². The van der Waals surface area contributed by atoms with Gasteiger partial charge in [-0.1, -0.05) is 19.1 Å². The van der Waals surface area contributed by atoms with E-state index in [2.05, 4.69) is 5.32 Å². The summed E-state index contributed by atoms with van der Waals surface area (Å²) in [4.78, 5) is 37.0. The fourth-order valence-corrected chi connectivity index (χ4v) is 3.72. The van der Waals surface area contributed by atoms with Crippen LogP contribution in [0, 0.1) is 5.92 Å². The number of anilines is 1. The summed E-state index contributed by atoms with van der Waals surface area (Å²) in [5.74, 6) is -0.315. The molecular weight excluding hydrogens is 352 g/mol. The van der Waals surface area contributed by atoms with Crippen molar-refractivity contribution in [2.24, 2.45) is 5.92 Å². The van der Waals surface area contributed by atoms with Gasteiger partial charge in [0.15, 0.2) is 0 Å². The van der Waals surface area contributed by atoms with E-state index >= 15 is 0 Å². The smallest absolute Gasteiger partial charge is 0.313 e. The maximum absolute atomic E-state index is 12.6. The molecule has 1 unspecified atom stereocenters. The zero-order valence-electron chi connectivity index (χ0n) is 15.1. The van der Waals surface area contributed by atoms with E-state index in [4.69, 9.17) is 5.11 Å². The Balaban J connectivity index is 1.90. The van der Waals surface area contributed by atoms with Crippen LogP contribution in [0.1, 0.15) is 38.2 Å². The van der Waals surface area contributed by atoms with Crippen molar-refractivity contribution in [1.29, 1.82) is 0 Å². The van der Waals surface area contributed by atoms with Gasteiger partial charge in [0.1, 0.15) is 0 Å². The molecule has 6 nitrogen and oxygen atoms in total. The van der Waals surface area contributed by atoms with Crippen LogP contribution in [0.2, 0.25) is 0 Å². The molecule has 1 saturated heterocycles. The van der Waals surface area contributed by atoms with Gasteiger partial charge in [-0.2, -0.15) is 0 Å². The van der Waals surface area contributed by atoms with Crippen molar-refractivity contribution < 1.29 is 19.5 Å². The summed E-state index contributed by atoms with van der Waals surface area (Å²) in [6.45, 7) is 3.20. The third-order valence-electron chi connectivity index (χ3n) is 4.30. The molecule has 7 heteroatoms. The fourth-order valence-electron chi connectivity index (χ4n) is 3.03. The number of carbonyl (C=O) groups is 3. The van der Waals surface area contributed by atoms with E-state index in [1.165, 1.54) is 11.8 Å². The molecule has 142 valence electrons. The molecule has 26 heavy (non-hydrogen) atoms. The molecule has 1 atom stereocenters. The minimum absolute atomic E-state index is 0.0558. The molecule has 0 spiro atoms. The average Bonchev–Trinajstić information content (AvgIpc) is 2.62. The molecule has 0 saturated carbocycles. The number of aliphatic carboxylic acids is 1. The number of nitrogens with one attached hydrogen (secondary N) is 1. The first-order valence-corrected chi connectivity index (χ1v) is 10.1. The van der Waals surface area contributed by atoms with Gasteiger partial charge in [0.25, 0.3) is 0 Å². The minimum Gasteiger partial charge on any atom is -0.481 e. The van der Waals surface area contributed by atoms with Gasteiger partial charge in [-0.3, -0.25) is 14.4 Å². The molecule has 2 N–H and O–H groups in total. The van der Waals surface area contributed by atoms with Gasteiger partial charge >= 0.3 is 5.97 Å². The molecule has 1 fully saturated rings. The molecular formula is C19H26N2O4S. The van der Waals surface area contributed by atoms with Crippen LogP contribution in [-0.2, 0) is 20.1 Å². The lowest BCUT2D eigenvalue weighted by molar-refractivity contribution is -0.135. The fraction of sp³-hybridized carbons (Fsp3) is 0.526. The molecule has 0 radical (unpaired) electrons. The lowest BCUT2D eigenvalue weighted by Gasteiger charge is -2.32. The number of carboxylic acid groups (broad SMARTS) is 1. The lowest BCUT2D eigenvalue weighted by atomic mass is 9.96. The monoisotopic (exact) mass is 378 g/mol. The summed E-state index contributed by atoms with van der Waals surface area (Å²) < 4.78 is 0. The van der Waals surface area contributed by atoms with Crippen molar-refractivity contribution in [3.05, 3.63) is 29.8 Å². The Bertz CT molecular complexity index is 650. The molecule has 1 aliphatic rings. The van der Waals surface area contributed by atoms with Gasteiger partial charge in [0, 0.05) is 31.0 Å². The molecule has 0 aromatic heterocycles. The number of amides is 2. The van der Waals surface area contributed by atoms with Crippen LogP contribution < -0.4 is 5.32 Å². The van der Waals surface area contributed by atoms with E-state index in [1.54, 1.807) is 4.90 Å². The first-order valence-electron chi connectivity index (χ1n) is 8.96. The highest BCUT2D eigenvalue weighted by atomic mass is 32.2. The number of hydrogen-bond acceptors (Lipinski definition) is 4. The van der Waals surface area contributed by atoms with E-state index in [0.29, 0.717) is 24.4 Å². The van der Waals surface area contributed by atoms with E-state index in [1.807, 2.05) is 31.2 Å². The predicted molar refractivity (Wildman–Crippen MR) is 103 cm³/mol. The number of likely N-dealkylation sites (tertiary alicyclic amines) is 1. The largest absolute Gasteiger partial charge is 0.481 e. The Kier molecular flexibility index (Phi) is 7.97. The first-order chi connectivity index (χ1) is 12.5. The molecule has 1 aromatic carbocycles. The number of nitrogens with zero attached hydrogens (tertiary/aromatic N) is 1. The standard InChI is InChI=1S/C19H26N2O4S/c1-2-5-17(22)21-9-4-7-15(11-21)19(25)20-16-8-3-6-14(10-16)12-26-13-18(23)24/h3,6,8,10,15H,2,4-5,7,9,11-13H2,1H3,(H,20,25)(H,23,24). The molecule has 2 amide bonds. The van der Waals surface area contributed by atoms with E-state index in [0.717, 1.165) is 31.4 Å². The predicted octanol–water partition coefficient (Wildman–Crippen LogP) is 2.98. The Morgan fingerprint density at radius 2 is 2.15 bits per heavy atom. The van der Waals surface area contributed by atoms with E-state index in [9.17, 15) is 14.4 Å². The highest BCUT2D eigenvalue weighted by Gasteiger charge is 2.28. The zero-order valence-corrected chi connectivity index (χ0v) is 15.9. The third kappa shape index (κ3) is 6.37. The summed E-state index contributed by atoms with van der Waals surface area (Å²) in [6, 6.07) is 7.46. The zero-order chi connectivity index (χ0) is 18.9. The van der Waals surface area contributed by atoms with Crippen molar-refractivity contribution in [3.63, 3.8) is 0 Å². The maximum atomic E-state index is 12.6. The molecule has 0 aliphatic carbocycles. The number of rotatable bonds is 8. The Morgan fingerprint density at radius 1 is 1.35 bits per heavy atom. The molecule has 2 rings (SSSR count). The molecule has 1 heterocycles. The quantitative estimate of drug-likeness (QED) is 0.726. The van der Waals surface area contributed by atoms with Crippen LogP contribution in [0.25, 0.3) is 0 Å². The first kappa shape index (κ1) is 20.3. The highest BCUT2D eigenvalue weighted by molar-refractivity contribution is 7.99. The van der Waals surface area contributed by atoms with Crippen molar-refractivity contribution in [1.82, 2.24) is 4.90 Å². The summed E-state index contributed by atoms with van der Waals surface area (Å²) in [5, 5.41) is 11.6. The van der Waals surface area contributed by atoms with Gasteiger partial charge in [-0.15, -0.1) is 11.8 Å². The number of carboxylic acids is 1. The van der Waals surface area contributed by atoms with Crippen LogP contribution in [0.4, 0.5) is 5.69 Å². The van der Waals surface area contributed by atoms with Crippen LogP contribution >= 0.6 is 11.8 Å². The number of thioether (sulfide) groups is 1. The Labute approximate surface area is 158 Å². The van der Waals surface area contributed by atoms with Crippen molar-refractivity contribution in [2.75, 3.05) is 24.2 Å². The summed E-state index contributed by atoms with van der Waals surface area (Å²) in [6.07, 6.45) is 2.98. The number of carbonyl (C=O) groups excluding carboxylic acids is 2. The summed E-state index contributed by atoms with van der Waals surface area (Å²) in [5.41, 5.74) is 1.68. The van der Waals surface area contributed by atoms with Crippen LogP contribution in [0.15, 0.2) is 24.3 Å². The number of hydrogen-bond donors (Lipinski definition) is 2. The second-order valence-electron chi connectivity index (χ2n) is 6.51. The van der Waals surface area contributed by atoms with Gasteiger partial charge in [-0.25, -0.2) is 0 Å². The molecule has 1 aromatic rings. The van der Waals surface area contributed by atoms with Crippen molar-refractivity contribution in [3.8, 4) is 0 Å². The topological polar surface area (TPSA) is 86.7 Å². The SMILES string of the molecule is CCCC(=O)N1CCCC(C(=O)Nc2cccc(CSCC(=O)O)c2)C1. The van der Waals surface area contributed by atoms with Crippen LogP contribution in [0.5, 0.6) is 0 Å². The second-order valence-corrected chi connectivity index (χ2v) is 7.49. The molecule has 1 aliphatic heterocycles. The Morgan fingerprint density at radius 3 is 2.88 bits per heavy atom. The molecule has 0 bridgehead atoms.